The molecule has 120 valence electrons. The van der Waals surface area contributed by atoms with Crippen LogP contribution in [-0.2, 0) is 0 Å². The van der Waals surface area contributed by atoms with Crippen molar-refractivity contribution >= 4 is 22.8 Å². The van der Waals surface area contributed by atoms with Crippen molar-refractivity contribution in [3.8, 4) is 11.1 Å². The molecule has 0 aliphatic heterocycles. The van der Waals surface area contributed by atoms with Crippen LogP contribution in [0.5, 0.6) is 0 Å². The van der Waals surface area contributed by atoms with Gasteiger partial charge in [0.15, 0.2) is 0 Å². The van der Waals surface area contributed by atoms with Gasteiger partial charge in [-0.25, -0.2) is 0 Å². The first-order valence-corrected chi connectivity index (χ1v) is 6.58. The molecule has 0 amide bonds. The van der Waals surface area contributed by atoms with Crippen LogP contribution in [0.25, 0.3) is 11.1 Å². The Kier molecular flexibility index (Phi) is 3.29. The van der Waals surface area contributed by atoms with Gasteiger partial charge in [-0.05, 0) is 11.6 Å². The van der Waals surface area contributed by atoms with Crippen LogP contribution in [0.4, 0.5) is 17.1 Å². The van der Waals surface area contributed by atoms with Gasteiger partial charge in [-0.1, -0.05) is 0 Å². The summed E-state index contributed by atoms with van der Waals surface area (Å²) in [7, 11) is 1.41. The number of fused-ring (bicyclic) bond motifs is 3. The zero-order valence-corrected chi connectivity index (χ0v) is 12.1. The highest BCUT2D eigenvalue weighted by Gasteiger charge is 2.35. The van der Waals surface area contributed by atoms with Crippen molar-refractivity contribution in [1.29, 1.82) is 0 Å². The van der Waals surface area contributed by atoms with E-state index in [4.69, 9.17) is 0 Å². The second kappa shape index (κ2) is 5.19. The van der Waals surface area contributed by atoms with Crippen molar-refractivity contribution in [2.24, 2.45) is 4.99 Å². The number of rotatable bonds is 3. The minimum atomic E-state index is -0.730. The number of hydrogen-bond donors (Lipinski definition) is 0. The van der Waals surface area contributed by atoms with E-state index in [0.717, 1.165) is 6.07 Å². The highest BCUT2D eigenvalue weighted by atomic mass is 16.6. The lowest BCUT2D eigenvalue weighted by molar-refractivity contribution is -0.393. The van der Waals surface area contributed by atoms with Gasteiger partial charge in [-0.3, -0.25) is 35.3 Å². The molecule has 3 rings (SSSR count). The van der Waals surface area contributed by atoms with Crippen molar-refractivity contribution in [2.75, 3.05) is 7.05 Å². The third kappa shape index (κ3) is 2.08. The van der Waals surface area contributed by atoms with E-state index in [9.17, 15) is 30.3 Å². The van der Waals surface area contributed by atoms with Crippen LogP contribution in [0.3, 0.4) is 0 Å². The summed E-state index contributed by atoms with van der Waals surface area (Å²) in [4.78, 5) is 35.3. The van der Waals surface area contributed by atoms with Crippen LogP contribution in [0.15, 0.2) is 35.3 Å². The fraction of sp³-hybridized carbons (Fsp3) is 0.0714. The van der Waals surface area contributed by atoms with Gasteiger partial charge in [0.05, 0.1) is 32.1 Å². The molecule has 10 heteroatoms. The Morgan fingerprint density at radius 3 is 1.96 bits per heavy atom. The highest BCUT2D eigenvalue weighted by molar-refractivity contribution is 6.26. The molecule has 0 heterocycles. The average molecular weight is 328 g/mol. The predicted octanol–water partition coefficient (Wildman–Crippen LogP) is 2.86. The maximum absolute atomic E-state index is 11.4. The Morgan fingerprint density at radius 1 is 0.792 bits per heavy atom. The molecule has 0 unspecified atom stereocenters. The van der Waals surface area contributed by atoms with Gasteiger partial charge in [0.25, 0.3) is 17.1 Å². The molecule has 2 aromatic carbocycles. The molecule has 1 aliphatic carbocycles. The van der Waals surface area contributed by atoms with Crippen LogP contribution in [0, 0.1) is 30.3 Å². The summed E-state index contributed by atoms with van der Waals surface area (Å²) < 4.78 is 0. The highest BCUT2D eigenvalue weighted by Crippen LogP contribution is 2.45. The van der Waals surface area contributed by atoms with E-state index in [-0.39, 0.29) is 22.5 Å². The molecule has 0 bridgehead atoms. The van der Waals surface area contributed by atoms with E-state index < -0.39 is 26.1 Å². The summed E-state index contributed by atoms with van der Waals surface area (Å²) in [6.07, 6.45) is 0. The van der Waals surface area contributed by atoms with Gasteiger partial charge in [0.2, 0.25) is 0 Å². The van der Waals surface area contributed by atoms with Gasteiger partial charge < -0.3 is 0 Å². The molecule has 0 atom stereocenters. The van der Waals surface area contributed by atoms with Crippen LogP contribution < -0.4 is 0 Å². The molecule has 1 aliphatic rings. The average Bonchev–Trinajstić information content (AvgIpc) is 2.86. The lowest BCUT2D eigenvalue weighted by Crippen LogP contribution is -2.01. The fourth-order valence-corrected chi connectivity index (χ4v) is 2.78. The quantitative estimate of drug-likeness (QED) is 0.534. The summed E-state index contributed by atoms with van der Waals surface area (Å²) in [6.45, 7) is 0. The van der Waals surface area contributed by atoms with Crippen molar-refractivity contribution in [3.63, 3.8) is 0 Å². The number of benzene rings is 2. The van der Waals surface area contributed by atoms with Gasteiger partial charge in [0, 0.05) is 36.4 Å². The van der Waals surface area contributed by atoms with Crippen LogP contribution >= 0.6 is 0 Å². The third-order valence-corrected chi connectivity index (χ3v) is 3.73. The molecule has 10 nitrogen and oxygen atoms in total. The van der Waals surface area contributed by atoms with Crippen molar-refractivity contribution in [3.05, 3.63) is 71.8 Å². The minimum Gasteiger partial charge on any atom is -0.287 e. The Hall–Kier alpha value is -3.69. The van der Waals surface area contributed by atoms with Gasteiger partial charge in [-0.15, -0.1) is 0 Å². The molecule has 0 radical (unpaired) electrons. The van der Waals surface area contributed by atoms with E-state index >= 15 is 0 Å². The summed E-state index contributed by atoms with van der Waals surface area (Å²) in [5.41, 5.74) is 0.292. The van der Waals surface area contributed by atoms with Crippen molar-refractivity contribution in [2.45, 2.75) is 0 Å². The number of aliphatic imine (C=N–C) groups is 1. The van der Waals surface area contributed by atoms with Crippen LogP contribution in [0.2, 0.25) is 0 Å². The minimum absolute atomic E-state index is 0.177. The summed E-state index contributed by atoms with van der Waals surface area (Å²) in [5, 5.41) is 33.3. The second-order valence-corrected chi connectivity index (χ2v) is 4.96. The van der Waals surface area contributed by atoms with E-state index in [1.54, 1.807) is 0 Å². The van der Waals surface area contributed by atoms with E-state index in [1.807, 2.05) is 0 Å². The fourth-order valence-electron chi connectivity index (χ4n) is 2.78. The Balaban J connectivity index is 2.39. The monoisotopic (exact) mass is 328 g/mol. The van der Waals surface area contributed by atoms with E-state index in [1.165, 1.54) is 31.3 Å². The first kappa shape index (κ1) is 15.2. The van der Waals surface area contributed by atoms with Gasteiger partial charge in [-0.2, -0.15) is 0 Å². The maximum atomic E-state index is 11.4. The smallest absolute Gasteiger partial charge is 0.284 e. The second-order valence-electron chi connectivity index (χ2n) is 4.96. The molecule has 0 aromatic heterocycles. The van der Waals surface area contributed by atoms with E-state index in [0.29, 0.717) is 11.1 Å². The predicted molar refractivity (Wildman–Crippen MR) is 83.4 cm³/mol. The molecular weight excluding hydrogens is 320 g/mol. The topological polar surface area (TPSA) is 142 Å². The third-order valence-electron chi connectivity index (χ3n) is 3.73. The summed E-state index contributed by atoms with van der Waals surface area (Å²) in [5.74, 6) is 0. The van der Waals surface area contributed by atoms with Crippen LogP contribution in [-0.4, -0.2) is 27.5 Å². The number of non-ortho nitro benzene ring substituents is 2. The van der Waals surface area contributed by atoms with Crippen molar-refractivity contribution < 1.29 is 14.8 Å². The lowest BCUT2D eigenvalue weighted by atomic mass is 10.0. The normalized spacial score (nSPS) is 13.5. The molecule has 0 spiro atoms. The molecule has 2 aromatic rings. The number of hydrogen-bond acceptors (Lipinski definition) is 7. The molecule has 24 heavy (non-hydrogen) atoms. The number of nitro groups is 3. The zero-order chi connectivity index (χ0) is 17.6. The molecule has 0 fully saturated rings. The van der Waals surface area contributed by atoms with Gasteiger partial charge in [0.1, 0.15) is 0 Å². The molecular formula is C14H8N4O6. The Labute approximate surface area is 133 Å². The first-order chi connectivity index (χ1) is 11.3. The number of nitro benzene ring substituents is 3. The van der Waals surface area contributed by atoms with Crippen LogP contribution in [0.1, 0.15) is 11.1 Å². The first-order valence-electron chi connectivity index (χ1n) is 6.58. The Morgan fingerprint density at radius 2 is 1.42 bits per heavy atom. The SMILES string of the molecule is CN=C1c2cc([N+](=O)[O-])ccc2-c2c1cc([N+](=O)[O-])cc2[N+](=O)[O-]. The standard InChI is InChI=1S/C14H8N4O6/c1-15-14-10-4-7(16(19)20)2-3-9(10)13-11(14)5-8(17(21)22)6-12(13)18(23)24/h2-6H,1H3. The maximum Gasteiger partial charge on any atom is 0.284 e. The number of nitrogens with zero attached hydrogens (tertiary/aromatic N) is 4. The zero-order valence-electron chi connectivity index (χ0n) is 12.1. The Bertz CT molecular complexity index is 966. The lowest BCUT2D eigenvalue weighted by Gasteiger charge is -2.02. The molecule has 0 saturated heterocycles. The summed E-state index contributed by atoms with van der Waals surface area (Å²) >= 11 is 0. The van der Waals surface area contributed by atoms with Crippen molar-refractivity contribution in [1.82, 2.24) is 0 Å². The molecule has 0 N–H and O–H groups in total. The molecule has 0 saturated carbocycles. The van der Waals surface area contributed by atoms with Gasteiger partial charge >= 0.3 is 0 Å². The summed E-state index contributed by atoms with van der Waals surface area (Å²) in [6, 6.07) is 5.95. The largest absolute Gasteiger partial charge is 0.287 e. The van der Waals surface area contributed by atoms with E-state index in [2.05, 4.69) is 4.99 Å².